The van der Waals surface area contributed by atoms with Gasteiger partial charge in [0, 0.05) is 12.0 Å². The molecule has 0 fully saturated rings. The molecule has 0 rings (SSSR count). The van der Waals surface area contributed by atoms with E-state index in [1.54, 1.807) is 0 Å². The van der Waals surface area contributed by atoms with Crippen LogP contribution in [-0.4, -0.2) is 12.0 Å². The standard InChI is InChI=1S/C5H8Cl3P/c1-5(2-3-6)4-9(7)8/h2H,3-4H2,1H3/b5-2+. The summed E-state index contributed by atoms with van der Waals surface area (Å²) in [5.41, 5.74) is 1.17. The van der Waals surface area contributed by atoms with Gasteiger partial charge in [0.05, 0.1) is 6.63 Å². The molecule has 0 nitrogen and oxygen atoms in total. The summed E-state index contributed by atoms with van der Waals surface area (Å²) in [4.78, 5) is 0. The van der Waals surface area contributed by atoms with E-state index < -0.39 is 6.63 Å². The Bertz CT molecular complexity index is 100. The lowest BCUT2D eigenvalue weighted by atomic mass is 10.3. The largest absolute Gasteiger partial charge is 0.122 e. The van der Waals surface area contributed by atoms with Crippen LogP contribution in [0, 0.1) is 0 Å². The number of alkyl halides is 1. The van der Waals surface area contributed by atoms with E-state index in [0.29, 0.717) is 5.88 Å². The molecule has 0 spiro atoms. The Balaban J connectivity index is 3.49. The first-order chi connectivity index (χ1) is 4.16. The molecule has 54 valence electrons. The minimum absolute atomic E-state index is 0.544. The van der Waals surface area contributed by atoms with Crippen molar-refractivity contribution in [3.63, 3.8) is 0 Å². The smallest absolute Gasteiger partial charge is 0.0895 e. The lowest BCUT2D eigenvalue weighted by Crippen LogP contribution is -1.78. The molecule has 0 bridgehead atoms. The van der Waals surface area contributed by atoms with Crippen LogP contribution >= 0.6 is 40.7 Å². The molecule has 0 atom stereocenters. The van der Waals surface area contributed by atoms with Crippen LogP contribution in [-0.2, 0) is 0 Å². The highest BCUT2D eigenvalue weighted by molar-refractivity contribution is 8.04. The Morgan fingerprint density at radius 2 is 2.11 bits per heavy atom. The second-order valence-corrected chi connectivity index (χ2v) is 5.86. The van der Waals surface area contributed by atoms with E-state index in [1.165, 1.54) is 5.57 Å². The van der Waals surface area contributed by atoms with Crippen LogP contribution in [0.1, 0.15) is 6.92 Å². The Morgan fingerprint density at radius 3 is 2.44 bits per heavy atom. The quantitative estimate of drug-likeness (QED) is 0.372. The third kappa shape index (κ3) is 6.93. The highest BCUT2D eigenvalue weighted by atomic mass is 35.9. The summed E-state index contributed by atoms with van der Waals surface area (Å²) in [6, 6.07) is 0. The Morgan fingerprint density at radius 1 is 1.56 bits per heavy atom. The van der Waals surface area contributed by atoms with Crippen molar-refractivity contribution in [2.45, 2.75) is 6.92 Å². The van der Waals surface area contributed by atoms with Crippen LogP contribution in [0.2, 0.25) is 0 Å². The minimum Gasteiger partial charge on any atom is -0.122 e. The zero-order valence-electron chi connectivity index (χ0n) is 5.07. The number of allylic oxidation sites excluding steroid dienone is 2. The molecule has 0 heterocycles. The predicted molar refractivity (Wildman–Crippen MR) is 48.0 cm³/mol. The fraction of sp³-hybridized carbons (Fsp3) is 0.600. The van der Waals surface area contributed by atoms with E-state index in [0.717, 1.165) is 6.16 Å². The normalized spacial score (nSPS) is 12.8. The molecular formula is C5H8Cl3P. The van der Waals surface area contributed by atoms with Crippen molar-refractivity contribution >= 4 is 40.7 Å². The van der Waals surface area contributed by atoms with Crippen molar-refractivity contribution < 1.29 is 0 Å². The van der Waals surface area contributed by atoms with Gasteiger partial charge >= 0.3 is 0 Å². The molecule has 0 N–H and O–H groups in total. The van der Waals surface area contributed by atoms with Crippen molar-refractivity contribution in [1.29, 1.82) is 0 Å². The van der Waals surface area contributed by atoms with Crippen LogP contribution in [0.5, 0.6) is 0 Å². The van der Waals surface area contributed by atoms with Crippen molar-refractivity contribution in [2.75, 3.05) is 12.0 Å². The molecule has 4 heteroatoms. The van der Waals surface area contributed by atoms with E-state index in [2.05, 4.69) is 0 Å². The first-order valence-electron chi connectivity index (χ1n) is 2.47. The van der Waals surface area contributed by atoms with E-state index in [9.17, 15) is 0 Å². The third-order valence-corrected chi connectivity index (χ3v) is 2.40. The molecule has 0 saturated carbocycles. The zero-order valence-corrected chi connectivity index (χ0v) is 8.23. The van der Waals surface area contributed by atoms with Crippen LogP contribution in [0.3, 0.4) is 0 Å². The van der Waals surface area contributed by atoms with Crippen LogP contribution in [0.15, 0.2) is 11.6 Å². The summed E-state index contributed by atoms with van der Waals surface area (Å²) < 4.78 is 0. The van der Waals surface area contributed by atoms with Gasteiger partial charge in [-0.1, -0.05) is 34.1 Å². The van der Waals surface area contributed by atoms with Gasteiger partial charge in [-0.05, 0) is 6.92 Å². The van der Waals surface area contributed by atoms with Crippen LogP contribution in [0.25, 0.3) is 0 Å². The molecule has 0 aromatic carbocycles. The predicted octanol–water partition coefficient (Wildman–Crippen LogP) is 3.96. The number of hydrogen-bond acceptors (Lipinski definition) is 0. The topological polar surface area (TPSA) is 0 Å². The number of rotatable bonds is 3. The Kier molecular flexibility index (Phi) is 6.47. The van der Waals surface area contributed by atoms with Gasteiger partial charge in [0.1, 0.15) is 0 Å². The summed E-state index contributed by atoms with van der Waals surface area (Å²) in [6.45, 7) is 1.14. The minimum atomic E-state index is -0.834. The molecule has 0 radical (unpaired) electrons. The first kappa shape index (κ1) is 10.0. The summed E-state index contributed by atoms with van der Waals surface area (Å²) in [5, 5.41) is 0. The summed E-state index contributed by atoms with van der Waals surface area (Å²) in [6.07, 6.45) is 2.69. The van der Waals surface area contributed by atoms with Gasteiger partial charge in [0.25, 0.3) is 0 Å². The van der Waals surface area contributed by atoms with Gasteiger partial charge in [-0.25, -0.2) is 0 Å². The Labute approximate surface area is 71.5 Å². The van der Waals surface area contributed by atoms with Crippen molar-refractivity contribution in [3.05, 3.63) is 11.6 Å². The van der Waals surface area contributed by atoms with E-state index in [-0.39, 0.29) is 0 Å². The van der Waals surface area contributed by atoms with Gasteiger partial charge in [0.15, 0.2) is 0 Å². The first-order valence-corrected chi connectivity index (χ1v) is 6.34. The second kappa shape index (κ2) is 5.80. The lowest BCUT2D eigenvalue weighted by Gasteiger charge is -1.98. The van der Waals surface area contributed by atoms with E-state index in [1.807, 2.05) is 13.0 Å². The molecule has 0 aliphatic heterocycles. The molecule has 0 saturated heterocycles. The van der Waals surface area contributed by atoms with Gasteiger partial charge in [0.2, 0.25) is 0 Å². The maximum atomic E-state index is 5.55. The molecule has 0 aliphatic carbocycles. The zero-order chi connectivity index (χ0) is 7.28. The molecular weight excluding hydrogens is 197 g/mol. The number of hydrogen-bond donors (Lipinski definition) is 0. The van der Waals surface area contributed by atoms with Crippen molar-refractivity contribution in [2.24, 2.45) is 0 Å². The molecule has 9 heavy (non-hydrogen) atoms. The highest BCUT2D eigenvalue weighted by Gasteiger charge is 1.98. The molecule has 0 unspecified atom stereocenters. The average molecular weight is 205 g/mol. The second-order valence-electron chi connectivity index (χ2n) is 1.67. The molecule has 0 amide bonds. The maximum absolute atomic E-state index is 5.55. The summed E-state index contributed by atoms with van der Waals surface area (Å²) >= 11 is 16.5. The lowest BCUT2D eigenvalue weighted by molar-refractivity contribution is 1.38. The summed E-state index contributed by atoms with van der Waals surface area (Å²) in [5.74, 6) is 0.544. The molecule has 0 aromatic heterocycles. The average Bonchev–Trinajstić information content (AvgIpc) is 1.63. The van der Waals surface area contributed by atoms with Crippen LogP contribution < -0.4 is 0 Å². The third-order valence-electron chi connectivity index (χ3n) is 0.795. The summed E-state index contributed by atoms with van der Waals surface area (Å²) in [7, 11) is 0. The molecule has 0 aliphatic rings. The molecule has 0 aromatic rings. The van der Waals surface area contributed by atoms with E-state index >= 15 is 0 Å². The highest BCUT2D eigenvalue weighted by Crippen LogP contribution is 2.47. The van der Waals surface area contributed by atoms with Crippen molar-refractivity contribution in [1.82, 2.24) is 0 Å². The van der Waals surface area contributed by atoms with Gasteiger partial charge in [-0.2, -0.15) is 0 Å². The van der Waals surface area contributed by atoms with Gasteiger partial charge < -0.3 is 0 Å². The van der Waals surface area contributed by atoms with Crippen LogP contribution in [0.4, 0.5) is 0 Å². The van der Waals surface area contributed by atoms with Gasteiger partial charge in [-0.3, -0.25) is 0 Å². The SMILES string of the molecule is C/C(=C\CCl)CP(Cl)Cl. The van der Waals surface area contributed by atoms with E-state index in [4.69, 9.17) is 34.1 Å². The monoisotopic (exact) mass is 204 g/mol. The Hall–Kier alpha value is 1.04. The number of halogens is 3. The maximum Gasteiger partial charge on any atom is 0.0895 e. The fourth-order valence-electron chi connectivity index (χ4n) is 0.385. The van der Waals surface area contributed by atoms with Gasteiger partial charge in [-0.15, -0.1) is 11.6 Å². The fourth-order valence-corrected chi connectivity index (χ4v) is 2.29. The van der Waals surface area contributed by atoms with Crippen molar-refractivity contribution in [3.8, 4) is 0 Å².